The molecule has 1 aliphatic carbocycles. The summed E-state index contributed by atoms with van der Waals surface area (Å²) >= 11 is 1.24. The van der Waals surface area contributed by atoms with Gasteiger partial charge in [0.15, 0.2) is 5.65 Å². The van der Waals surface area contributed by atoms with Crippen LogP contribution in [0.25, 0.3) is 11.0 Å². The largest absolute Gasteiger partial charge is 0.469 e. The average molecular weight is 608 g/mol. The summed E-state index contributed by atoms with van der Waals surface area (Å²) in [6, 6.07) is 0.567. The molecule has 3 aromatic rings. The number of carbonyl (C=O) groups is 4. The van der Waals surface area contributed by atoms with Crippen LogP contribution in [-0.2, 0) is 36.7 Å². The molecule has 0 fully saturated rings. The van der Waals surface area contributed by atoms with E-state index in [0.717, 1.165) is 35.3 Å². The van der Waals surface area contributed by atoms with Gasteiger partial charge in [0.1, 0.15) is 6.04 Å². The Labute approximate surface area is 252 Å². The zero-order valence-electron chi connectivity index (χ0n) is 24.6. The van der Waals surface area contributed by atoms with Gasteiger partial charge in [-0.3, -0.25) is 29.5 Å². The standard InChI is InChI=1S/C30H33N5O7S/c1-30(2,3)28(40)35-29-33-24-19(25(37)34-29)14-16(15-31-24)10-12-21-17-8-6-7-9-18(17)23(43-21)26(38)32-20(27(39)42-5)11-13-22(36)41-4/h14-15,20H,6-9,11,13H2,1-5H3,(H,32,38)(H2,31,33,34,35,37,40)/t20-/m0/s1. The molecule has 4 rings (SSSR count). The number of carbonyl (C=O) groups excluding carboxylic acids is 4. The van der Waals surface area contributed by atoms with Crippen molar-refractivity contribution in [1.29, 1.82) is 0 Å². The van der Waals surface area contributed by atoms with Crippen LogP contribution in [0.3, 0.4) is 0 Å². The summed E-state index contributed by atoms with van der Waals surface area (Å²) in [7, 11) is 2.47. The topological polar surface area (TPSA) is 169 Å². The lowest BCUT2D eigenvalue weighted by molar-refractivity contribution is -0.144. The van der Waals surface area contributed by atoms with E-state index in [1.165, 1.54) is 31.8 Å². The van der Waals surface area contributed by atoms with E-state index in [0.29, 0.717) is 16.9 Å². The number of anilines is 1. The molecule has 0 aromatic carbocycles. The smallest absolute Gasteiger partial charge is 0.328 e. The van der Waals surface area contributed by atoms with E-state index in [1.807, 2.05) is 0 Å². The van der Waals surface area contributed by atoms with Crippen LogP contribution in [0.15, 0.2) is 17.1 Å². The molecule has 3 N–H and O–H groups in total. The molecule has 2 amide bonds. The highest BCUT2D eigenvalue weighted by Crippen LogP contribution is 2.34. The summed E-state index contributed by atoms with van der Waals surface area (Å²) in [6.07, 6.45) is 4.81. The number of aromatic amines is 1. The minimum Gasteiger partial charge on any atom is -0.469 e. The third kappa shape index (κ3) is 7.45. The lowest BCUT2D eigenvalue weighted by Crippen LogP contribution is -2.42. The number of ether oxygens (including phenoxy) is 2. The van der Waals surface area contributed by atoms with Gasteiger partial charge in [-0.25, -0.2) is 9.78 Å². The lowest BCUT2D eigenvalue weighted by Gasteiger charge is -2.17. The van der Waals surface area contributed by atoms with Crippen molar-refractivity contribution in [3.8, 4) is 11.8 Å². The minimum atomic E-state index is -1.01. The summed E-state index contributed by atoms with van der Waals surface area (Å²) in [5, 5.41) is 5.53. The molecule has 0 radical (unpaired) electrons. The molecule has 0 aliphatic heterocycles. The second-order valence-corrected chi connectivity index (χ2v) is 12.1. The molecular weight excluding hydrogens is 574 g/mol. The van der Waals surface area contributed by atoms with Gasteiger partial charge in [0, 0.05) is 23.6 Å². The van der Waals surface area contributed by atoms with Gasteiger partial charge in [0.05, 0.1) is 29.4 Å². The average Bonchev–Trinajstić information content (AvgIpc) is 3.36. The highest BCUT2D eigenvalue weighted by Gasteiger charge is 2.28. The molecule has 3 heterocycles. The van der Waals surface area contributed by atoms with Crippen LogP contribution in [0, 0.1) is 17.3 Å². The summed E-state index contributed by atoms with van der Waals surface area (Å²) in [5.74, 6) is 4.32. The quantitative estimate of drug-likeness (QED) is 0.270. The monoisotopic (exact) mass is 607 g/mol. The second-order valence-electron chi connectivity index (χ2n) is 11.1. The lowest BCUT2D eigenvalue weighted by atomic mass is 9.92. The van der Waals surface area contributed by atoms with E-state index < -0.39 is 34.9 Å². The first-order valence-electron chi connectivity index (χ1n) is 13.7. The molecule has 1 atom stereocenters. The van der Waals surface area contributed by atoms with Crippen molar-refractivity contribution in [2.75, 3.05) is 19.5 Å². The molecule has 0 saturated carbocycles. The highest BCUT2D eigenvalue weighted by molar-refractivity contribution is 7.15. The van der Waals surface area contributed by atoms with E-state index in [-0.39, 0.29) is 35.7 Å². The number of nitrogens with one attached hydrogen (secondary N) is 3. The van der Waals surface area contributed by atoms with Crippen molar-refractivity contribution < 1.29 is 28.7 Å². The summed E-state index contributed by atoms with van der Waals surface area (Å²) in [6.45, 7) is 5.24. The van der Waals surface area contributed by atoms with Crippen LogP contribution in [-0.4, -0.2) is 59.0 Å². The number of hydrogen-bond donors (Lipinski definition) is 3. The molecule has 0 spiro atoms. The summed E-state index contributed by atoms with van der Waals surface area (Å²) in [4.78, 5) is 74.5. The molecule has 0 bridgehead atoms. The maximum absolute atomic E-state index is 13.3. The van der Waals surface area contributed by atoms with Crippen LogP contribution >= 0.6 is 11.3 Å². The van der Waals surface area contributed by atoms with Gasteiger partial charge in [0.25, 0.3) is 11.5 Å². The third-order valence-electron chi connectivity index (χ3n) is 6.88. The fourth-order valence-electron chi connectivity index (χ4n) is 4.47. The number of amides is 2. The molecule has 3 aromatic heterocycles. The van der Waals surface area contributed by atoms with E-state index in [2.05, 4.69) is 42.2 Å². The SMILES string of the molecule is COC(=O)CC[C@H](NC(=O)c1sc(C#Cc2cnc3nc(NC(=O)C(C)(C)C)[nH]c(=O)c3c2)c2c1CCCC2)C(=O)OC. The van der Waals surface area contributed by atoms with Gasteiger partial charge in [0.2, 0.25) is 11.9 Å². The number of pyridine rings is 1. The summed E-state index contributed by atoms with van der Waals surface area (Å²) in [5.41, 5.74) is 1.39. The van der Waals surface area contributed by atoms with Crippen molar-refractivity contribution in [2.45, 2.75) is 65.3 Å². The minimum absolute atomic E-state index is 0.0134. The number of rotatable bonds is 7. The Balaban J connectivity index is 1.60. The normalized spacial score (nSPS) is 13.2. The molecule has 13 heteroatoms. The predicted molar refractivity (Wildman–Crippen MR) is 160 cm³/mol. The van der Waals surface area contributed by atoms with E-state index in [9.17, 15) is 24.0 Å². The molecule has 43 heavy (non-hydrogen) atoms. The molecule has 0 saturated heterocycles. The van der Waals surface area contributed by atoms with Gasteiger partial charge in [-0.05, 0) is 49.3 Å². The number of H-pyrrole nitrogens is 1. The van der Waals surface area contributed by atoms with Crippen molar-refractivity contribution in [3.63, 3.8) is 0 Å². The van der Waals surface area contributed by atoms with E-state index in [1.54, 1.807) is 26.8 Å². The first-order chi connectivity index (χ1) is 20.4. The Morgan fingerprint density at radius 2 is 1.81 bits per heavy atom. The Morgan fingerprint density at radius 1 is 1.09 bits per heavy atom. The fraction of sp³-hybridized carbons (Fsp3) is 0.433. The number of thiophene rings is 1. The zero-order valence-corrected chi connectivity index (χ0v) is 25.5. The van der Waals surface area contributed by atoms with Gasteiger partial charge < -0.3 is 14.8 Å². The van der Waals surface area contributed by atoms with Crippen molar-refractivity contribution in [2.24, 2.45) is 5.41 Å². The van der Waals surface area contributed by atoms with Crippen LogP contribution in [0.5, 0.6) is 0 Å². The first kappa shape index (κ1) is 31.4. The number of nitrogens with zero attached hydrogens (tertiary/aromatic N) is 2. The second kappa shape index (κ2) is 13.2. The highest BCUT2D eigenvalue weighted by atomic mass is 32.1. The molecular formula is C30H33N5O7S. The Morgan fingerprint density at radius 3 is 2.49 bits per heavy atom. The van der Waals surface area contributed by atoms with Gasteiger partial charge in [-0.15, -0.1) is 11.3 Å². The Hall–Kier alpha value is -4.57. The molecule has 1 aliphatic rings. The number of aromatic nitrogens is 3. The van der Waals surface area contributed by atoms with Gasteiger partial charge in [-0.1, -0.05) is 32.6 Å². The van der Waals surface area contributed by atoms with Crippen LogP contribution in [0.1, 0.15) is 77.7 Å². The number of hydrogen-bond acceptors (Lipinski definition) is 10. The number of esters is 2. The van der Waals surface area contributed by atoms with Crippen LogP contribution < -0.4 is 16.2 Å². The Bertz CT molecular complexity index is 1710. The maximum Gasteiger partial charge on any atom is 0.328 e. The van der Waals surface area contributed by atoms with Crippen molar-refractivity contribution in [3.05, 3.63) is 49.1 Å². The first-order valence-corrected chi connectivity index (χ1v) is 14.6. The predicted octanol–water partition coefficient (Wildman–Crippen LogP) is 2.87. The molecule has 226 valence electrons. The van der Waals surface area contributed by atoms with Crippen molar-refractivity contribution >= 4 is 52.1 Å². The van der Waals surface area contributed by atoms with Crippen LogP contribution in [0.2, 0.25) is 0 Å². The van der Waals surface area contributed by atoms with Crippen molar-refractivity contribution in [1.82, 2.24) is 20.3 Å². The van der Waals surface area contributed by atoms with Gasteiger partial charge >= 0.3 is 11.9 Å². The van der Waals surface area contributed by atoms with E-state index >= 15 is 0 Å². The number of methoxy groups -OCH3 is 2. The van der Waals surface area contributed by atoms with Crippen LogP contribution in [0.4, 0.5) is 5.95 Å². The Kier molecular flexibility index (Phi) is 9.60. The summed E-state index contributed by atoms with van der Waals surface area (Å²) < 4.78 is 9.46. The molecule has 12 nitrogen and oxygen atoms in total. The number of fused-ring (bicyclic) bond motifs is 2. The van der Waals surface area contributed by atoms with Gasteiger partial charge in [-0.2, -0.15) is 4.98 Å². The molecule has 0 unspecified atom stereocenters. The van der Waals surface area contributed by atoms with E-state index in [4.69, 9.17) is 4.74 Å². The zero-order chi connectivity index (χ0) is 31.3. The fourth-order valence-corrected chi connectivity index (χ4v) is 5.62. The third-order valence-corrected chi connectivity index (χ3v) is 8.07. The maximum atomic E-state index is 13.3.